The average Bonchev–Trinajstić information content (AvgIpc) is 2.57. The van der Waals surface area contributed by atoms with Gasteiger partial charge in [0.05, 0.1) is 10.6 Å². The van der Waals surface area contributed by atoms with Crippen molar-refractivity contribution in [3.05, 3.63) is 29.3 Å². The van der Waals surface area contributed by atoms with Gasteiger partial charge in [-0.25, -0.2) is 16.8 Å². The van der Waals surface area contributed by atoms with Crippen molar-refractivity contribution < 1.29 is 16.8 Å². The third kappa shape index (κ3) is 4.83. The molecule has 148 valence electrons. The monoisotopic (exact) mass is 403 g/mol. The van der Waals surface area contributed by atoms with Crippen LogP contribution in [0.5, 0.6) is 0 Å². The minimum absolute atomic E-state index is 0.0559. The zero-order valence-corrected chi connectivity index (χ0v) is 17.5. The van der Waals surface area contributed by atoms with Crippen molar-refractivity contribution in [1.29, 1.82) is 0 Å². The Kier molecular flexibility index (Phi) is 6.84. The predicted octanol–water partition coefficient (Wildman–Crippen LogP) is 0.938. The van der Waals surface area contributed by atoms with E-state index in [1.54, 1.807) is 32.9 Å². The zero-order chi connectivity index (χ0) is 19.5. The van der Waals surface area contributed by atoms with E-state index >= 15 is 0 Å². The Labute approximate surface area is 157 Å². The summed E-state index contributed by atoms with van der Waals surface area (Å²) in [6.45, 7) is 9.15. The first-order valence-corrected chi connectivity index (χ1v) is 11.9. The lowest BCUT2D eigenvalue weighted by atomic mass is 10.2. The second kappa shape index (κ2) is 8.35. The molecule has 9 heteroatoms. The second-order valence-electron chi connectivity index (χ2n) is 6.94. The number of piperazine rings is 1. The van der Waals surface area contributed by atoms with Gasteiger partial charge in [0.2, 0.25) is 20.0 Å². The summed E-state index contributed by atoms with van der Waals surface area (Å²) in [6.07, 6.45) is 0. The normalized spacial score (nSPS) is 17.2. The molecule has 1 fully saturated rings. The molecule has 1 N–H and O–H groups in total. The highest BCUT2D eigenvalue weighted by atomic mass is 32.2. The van der Waals surface area contributed by atoms with E-state index in [-0.39, 0.29) is 23.2 Å². The van der Waals surface area contributed by atoms with E-state index in [0.717, 1.165) is 5.56 Å². The Morgan fingerprint density at radius 2 is 1.73 bits per heavy atom. The molecule has 0 aliphatic carbocycles. The summed E-state index contributed by atoms with van der Waals surface area (Å²) in [5.74, 6) is -0.213. The number of sulfonamides is 2. The van der Waals surface area contributed by atoms with Crippen LogP contribution < -0.4 is 5.32 Å². The lowest BCUT2D eigenvalue weighted by Gasteiger charge is -2.30. The standard InChI is InChI=1S/C17H29N3O4S2/c1-14(2)20(11-12-25(21,22)19-9-7-18-8-10-19)26(23,24)17-13-15(3)5-6-16(17)4/h5-6,13-14,18H,7-12H2,1-4H3. The summed E-state index contributed by atoms with van der Waals surface area (Å²) in [6, 6.07) is 4.95. The first-order chi connectivity index (χ1) is 12.1. The van der Waals surface area contributed by atoms with E-state index < -0.39 is 20.0 Å². The van der Waals surface area contributed by atoms with Crippen LogP contribution in [0.3, 0.4) is 0 Å². The van der Waals surface area contributed by atoms with Crippen LogP contribution in [0.15, 0.2) is 23.1 Å². The molecule has 0 unspecified atom stereocenters. The molecule has 1 saturated heterocycles. The van der Waals surface area contributed by atoms with Gasteiger partial charge in [0.1, 0.15) is 0 Å². The quantitative estimate of drug-likeness (QED) is 0.732. The molecular formula is C17H29N3O4S2. The number of nitrogens with zero attached hydrogens (tertiary/aromatic N) is 2. The fourth-order valence-electron chi connectivity index (χ4n) is 3.02. The predicted molar refractivity (Wildman–Crippen MR) is 103 cm³/mol. The van der Waals surface area contributed by atoms with Gasteiger partial charge >= 0.3 is 0 Å². The van der Waals surface area contributed by atoms with Crippen molar-refractivity contribution in [3.63, 3.8) is 0 Å². The number of aryl methyl sites for hydroxylation is 2. The lowest BCUT2D eigenvalue weighted by molar-refractivity contribution is 0.346. The molecule has 1 aromatic carbocycles. The fraction of sp³-hybridized carbons (Fsp3) is 0.647. The minimum Gasteiger partial charge on any atom is -0.314 e. The van der Waals surface area contributed by atoms with Gasteiger partial charge in [-0.05, 0) is 44.9 Å². The molecule has 1 aliphatic heterocycles. The highest BCUT2D eigenvalue weighted by Crippen LogP contribution is 2.23. The SMILES string of the molecule is Cc1ccc(C)c(S(=O)(=O)N(CCS(=O)(=O)N2CCNCC2)C(C)C)c1. The number of nitrogens with one attached hydrogen (secondary N) is 1. The molecule has 0 bridgehead atoms. The van der Waals surface area contributed by atoms with Crippen LogP contribution in [0.1, 0.15) is 25.0 Å². The molecule has 1 heterocycles. The highest BCUT2D eigenvalue weighted by Gasteiger charge is 2.31. The maximum Gasteiger partial charge on any atom is 0.243 e. The average molecular weight is 404 g/mol. The van der Waals surface area contributed by atoms with Gasteiger partial charge in [0.15, 0.2) is 0 Å². The van der Waals surface area contributed by atoms with Crippen LogP contribution in [0, 0.1) is 13.8 Å². The summed E-state index contributed by atoms with van der Waals surface area (Å²) >= 11 is 0. The molecule has 0 atom stereocenters. The van der Waals surface area contributed by atoms with E-state index in [4.69, 9.17) is 0 Å². The third-order valence-electron chi connectivity index (χ3n) is 4.55. The third-order valence-corrected chi connectivity index (χ3v) is 8.61. The topological polar surface area (TPSA) is 86.8 Å². The van der Waals surface area contributed by atoms with E-state index in [1.807, 2.05) is 13.0 Å². The molecule has 0 saturated carbocycles. The highest BCUT2D eigenvalue weighted by molar-refractivity contribution is 7.90. The largest absolute Gasteiger partial charge is 0.314 e. The van der Waals surface area contributed by atoms with Crippen molar-refractivity contribution in [2.45, 2.75) is 38.6 Å². The van der Waals surface area contributed by atoms with Crippen LogP contribution in [-0.2, 0) is 20.0 Å². The molecular weight excluding hydrogens is 374 g/mol. The summed E-state index contributed by atoms with van der Waals surface area (Å²) in [4.78, 5) is 0.241. The zero-order valence-electron chi connectivity index (χ0n) is 15.9. The van der Waals surface area contributed by atoms with Crippen LogP contribution in [0.2, 0.25) is 0 Å². The number of hydrogen-bond acceptors (Lipinski definition) is 5. The maximum atomic E-state index is 13.1. The lowest BCUT2D eigenvalue weighted by Crippen LogP contribution is -2.49. The smallest absolute Gasteiger partial charge is 0.243 e. The van der Waals surface area contributed by atoms with Crippen molar-refractivity contribution in [2.75, 3.05) is 38.5 Å². The molecule has 26 heavy (non-hydrogen) atoms. The molecule has 0 radical (unpaired) electrons. The van der Waals surface area contributed by atoms with Crippen LogP contribution >= 0.6 is 0 Å². The van der Waals surface area contributed by atoms with E-state index in [0.29, 0.717) is 31.7 Å². The fourth-order valence-corrected chi connectivity index (χ4v) is 6.51. The number of rotatable bonds is 7. The van der Waals surface area contributed by atoms with Crippen molar-refractivity contribution in [3.8, 4) is 0 Å². The molecule has 7 nitrogen and oxygen atoms in total. The van der Waals surface area contributed by atoms with Gasteiger partial charge in [-0.2, -0.15) is 8.61 Å². The van der Waals surface area contributed by atoms with E-state index in [1.165, 1.54) is 8.61 Å². The maximum absolute atomic E-state index is 13.1. The van der Waals surface area contributed by atoms with Crippen molar-refractivity contribution >= 4 is 20.0 Å². The first-order valence-electron chi connectivity index (χ1n) is 8.83. The minimum atomic E-state index is -3.77. The van der Waals surface area contributed by atoms with Crippen molar-refractivity contribution in [2.24, 2.45) is 0 Å². The van der Waals surface area contributed by atoms with E-state index in [2.05, 4.69) is 5.32 Å². The first kappa shape index (κ1) is 21.3. The van der Waals surface area contributed by atoms with Gasteiger partial charge in [-0.1, -0.05) is 12.1 Å². The molecule has 0 amide bonds. The summed E-state index contributed by atoms with van der Waals surface area (Å²) < 4.78 is 54.2. The van der Waals surface area contributed by atoms with Gasteiger partial charge in [0.25, 0.3) is 0 Å². The molecule has 0 aromatic heterocycles. The van der Waals surface area contributed by atoms with Crippen LogP contribution in [0.25, 0.3) is 0 Å². The Balaban J connectivity index is 2.24. The Bertz CT molecular complexity index is 830. The van der Waals surface area contributed by atoms with Crippen LogP contribution in [0.4, 0.5) is 0 Å². The molecule has 0 spiro atoms. The molecule has 2 rings (SSSR count). The Hall–Kier alpha value is -1.00. The summed E-state index contributed by atoms with van der Waals surface area (Å²) in [5, 5.41) is 3.11. The molecule has 1 aromatic rings. The van der Waals surface area contributed by atoms with Crippen LogP contribution in [-0.4, -0.2) is 70.0 Å². The summed E-state index contributed by atoms with van der Waals surface area (Å²) in [5.41, 5.74) is 1.51. The Morgan fingerprint density at radius 1 is 1.12 bits per heavy atom. The summed E-state index contributed by atoms with van der Waals surface area (Å²) in [7, 11) is -7.25. The van der Waals surface area contributed by atoms with Gasteiger partial charge in [0, 0.05) is 38.8 Å². The number of benzene rings is 1. The Morgan fingerprint density at radius 3 is 2.31 bits per heavy atom. The van der Waals surface area contributed by atoms with Gasteiger partial charge in [-0.15, -0.1) is 0 Å². The van der Waals surface area contributed by atoms with Gasteiger partial charge in [-0.3, -0.25) is 0 Å². The second-order valence-corrected chi connectivity index (χ2v) is 10.9. The van der Waals surface area contributed by atoms with Gasteiger partial charge < -0.3 is 5.32 Å². The van der Waals surface area contributed by atoms with Crippen molar-refractivity contribution in [1.82, 2.24) is 13.9 Å². The number of hydrogen-bond donors (Lipinski definition) is 1. The molecule has 1 aliphatic rings. The van der Waals surface area contributed by atoms with E-state index in [9.17, 15) is 16.8 Å².